The van der Waals surface area contributed by atoms with Gasteiger partial charge in [-0.1, -0.05) is 0 Å². The van der Waals surface area contributed by atoms with Crippen LogP contribution in [0.4, 0.5) is 10.5 Å². The number of thiazole rings is 1. The second-order valence-corrected chi connectivity index (χ2v) is 8.66. The molecule has 1 unspecified atom stereocenters. The molecule has 3 aliphatic rings. The Hall–Kier alpha value is -1.97. The zero-order chi connectivity index (χ0) is 18.4. The Balaban J connectivity index is 1.22. The molecule has 2 aromatic rings. The van der Waals surface area contributed by atoms with E-state index in [1.54, 1.807) is 21.1 Å². The predicted molar refractivity (Wildman–Crippen MR) is 102 cm³/mol. The van der Waals surface area contributed by atoms with E-state index in [1.165, 1.54) is 15.6 Å². The number of urea groups is 1. The van der Waals surface area contributed by atoms with Crippen molar-refractivity contribution < 1.29 is 9.53 Å². The topological polar surface area (TPSA) is 66.7 Å². The van der Waals surface area contributed by atoms with Gasteiger partial charge >= 0.3 is 6.03 Å². The maximum atomic E-state index is 12.2. The maximum Gasteiger partial charge on any atom is 0.324 e. The number of nitrogens with zero attached hydrogens (tertiary/aromatic N) is 6. The first kappa shape index (κ1) is 17.2. The van der Waals surface area contributed by atoms with E-state index in [2.05, 4.69) is 10.00 Å². The number of hydrogen-bond acceptors (Lipinski definition) is 6. The van der Waals surface area contributed by atoms with Crippen LogP contribution in [-0.4, -0.2) is 70.4 Å². The van der Waals surface area contributed by atoms with Crippen molar-refractivity contribution in [1.29, 1.82) is 0 Å². The van der Waals surface area contributed by atoms with E-state index in [0.717, 1.165) is 64.5 Å². The highest BCUT2D eigenvalue weighted by Gasteiger charge is 2.30. The van der Waals surface area contributed by atoms with Gasteiger partial charge in [0.05, 0.1) is 48.3 Å². The highest BCUT2D eigenvalue weighted by Crippen LogP contribution is 2.29. The monoisotopic (exact) mass is 388 g/mol. The lowest BCUT2D eigenvalue weighted by atomic mass is 10.2. The Morgan fingerprint density at radius 1 is 1.33 bits per heavy atom. The zero-order valence-electron chi connectivity index (χ0n) is 15.5. The third-order valence-electron chi connectivity index (χ3n) is 5.64. The number of aromatic nitrogens is 3. The summed E-state index contributed by atoms with van der Waals surface area (Å²) in [5.74, 6) is 0. The molecule has 9 heteroatoms. The predicted octanol–water partition coefficient (Wildman–Crippen LogP) is 1.73. The molecule has 27 heavy (non-hydrogen) atoms. The molecule has 0 aromatic carbocycles. The molecule has 2 saturated heterocycles. The molecule has 0 saturated carbocycles. The molecule has 5 heterocycles. The fraction of sp³-hybridized carbons (Fsp3) is 0.611. The highest BCUT2D eigenvalue weighted by molar-refractivity contribution is 7.11. The third kappa shape index (κ3) is 3.24. The molecule has 5 rings (SSSR count). The van der Waals surface area contributed by atoms with E-state index < -0.39 is 0 Å². The van der Waals surface area contributed by atoms with Gasteiger partial charge in [-0.05, 0) is 6.42 Å². The number of amides is 2. The number of carbonyl (C=O) groups excluding carboxylic acids is 1. The molecule has 1 atom stereocenters. The number of hydrogen-bond donors (Lipinski definition) is 0. The maximum absolute atomic E-state index is 12.2. The number of anilines is 1. The Morgan fingerprint density at radius 3 is 3.07 bits per heavy atom. The lowest BCUT2D eigenvalue weighted by Crippen LogP contribution is -2.28. The number of likely N-dealkylation sites (N-methyl/N-ethyl adjacent to an activating group) is 1. The first-order valence-electron chi connectivity index (χ1n) is 9.52. The molecule has 8 nitrogen and oxygen atoms in total. The van der Waals surface area contributed by atoms with Gasteiger partial charge in [0.1, 0.15) is 5.01 Å². The molecule has 2 fully saturated rings. The average molecular weight is 388 g/mol. The third-order valence-corrected chi connectivity index (χ3v) is 6.69. The quantitative estimate of drug-likeness (QED) is 0.798. The largest absolute Gasteiger partial charge is 0.375 e. The van der Waals surface area contributed by atoms with Crippen molar-refractivity contribution in [2.75, 3.05) is 44.7 Å². The summed E-state index contributed by atoms with van der Waals surface area (Å²) >= 11 is 1.79. The standard InChI is InChI=1S/C18H24N6O2S/c1-21-5-6-23(18(21)25)14-8-19-24(10-14)13-2-4-22(9-13)11-17-20-15-3-7-26-12-16(15)27-17/h8,10,13H,2-7,9,11-12H2,1H3. The van der Waals surface area contributed by atoms with Crippen LogP contribution in [0.15, 0.2) is 12.4 Å². The summed E-state index contributed by atoms with van der Waals surface area (Å²) in [6.45, 7) is 5.93. The van der Waals surface area contributed by atoms with E-state index in [9.17, 15) is 4.79 Å². The van der Waals surface area contributed by atoms with Crippen molar-refractivity contribution in [3.8, 4) is 0 Å². The van der Waals surface area contributed by atoms with Crippen LogP contribution in [0, 0.1) is 0 Å². The second kappa shape index (κ2) is 6.88. The van der Waals surface area contributed by atoms with Gasteiger partial charge in [-0.15, -0.1) is 11.3 Å². The lowest BCUT2D eigenvalue weighted by molar-refractivity contribution is 0.112. The summed E-state index contributed by atoms with van der Waals surface area (Å²) < 4.78 is 7.56. The van der Waals surface area contributed by atoms with Crippen LogP contribution >= 0.6 is 11.3 Å². The first-order valence-corrected chi connectivity index (χ1v) is 10.3. The molecule has 0 N–H and O–H groups in total. The Morgan fingerprint density at radius 2 is 2.26 bits per heavy atom. The minimum atomic E-state index is 0.0549. The van der Waals surface area contributed by atoms with E-state index >= 15 is 0 Å². The Kier molecular flexibility index (Phi) is 4.37. The van der Waals surface area contributed by atoms with Crippen molar-refractivity contribution in [1.82, 2.24) is 24.6 Å². The van der Waals surface area contributed by atoms with E-state index in [1.807, 2.05) is 24.1 Å². The van der Waals surface area contributed by atoms with Crippen molar-refractivity contribution in [3.05, 3.63) is 28.0 Å². The van der Waals surface area contributed by atoms with E-state index in [-0.39, 0.29) is 6.03 Å². The minimum absolute atomic E-state index is 0.0549. The second-order valence-electron chi connectivity index (χ2n) is 7.49. The molecule has 2 amide bonds. The molecule has 2 aromatic heterocycles. The van der Waals surface area contributed by atoms with Gasteiger partial charge < -0.3 is 9.64 Å². The molecular weight excluding hydrogens is 364 g/mol. The molecule has 144 valence electrons. The van der Waals surface area contributed by atoms with Gasteiger partial charge in [0.15, 0.2) is 0 Å². The minimum Gasteiger partial charge on any atom is -0.375 e. The number of rotatable bonds is 4. The zero-order valence-corrected chi connectivity index (χ0v) is 16.3. The van der Waals surface area contributed by atoms with Gasteiger partial charge in [0.25, 0.3) is 0 Å². The fourth-order valence-corrected chi connectivity index (χ4v) is 5.16. The number of carbonyl (C=O) groups is 1. The normalized spacial score (nSPS) is 23.4. The SMILES string of the molecule is CN1CCN(c2cnn(C3CCN(Cc4nc5c(s4)COCC5)C3)c2)C1=O. The fourth-order valence-electron chi connectivity index (χ4n) is 4.06. The van der Waals surface area contributed by atoms with Crippen LogP contribution in [0.25, 0.3) is 0 Å². The van der Waals surface area contributed by atoms with Crippen LogP contribution in [0.2, 0.25) is 0 Å². The van der Waals surface area contributed by atoms with Gasteiger partial charge in [0.2, 0.25) is 0 Å². The van der Waals surface area contributed by atoms with Crippen molar-refractivity contribution in [2.24, 2.45) is 0 Å². The molecule has 0 spiro atoms. The summed E-state index contributed by atoms with van der Waals surface area (Å²) in [6, 6.07) is 0.409. The summed E-state index contributed by atoms with van der Waals surface area (Å²) in [4.78, 5) is 24.3. The number of ether oxygens (including phenoxy) is 1. The van der Waals surface area contributed by atoms with Gasteiger partial charge in [0, 0.05) is 45.8 Å². The average Bonchev–Trinajstić information content (AvgIpc) is 3.43. The Bertz CT molecular complexity index is 825. The molecule has 0 aliphatic carbocycles. The van der Waals surface area contributed by atoms with Crippen molar-refractivity contribution in [3.63, 3.8) is 0 Å². The van der Waals surface area contributed by atoms with E-state index in [0.29, 0.717) is 6.04 Å². The summed E-state index contributed by atoms with van der Waals surface area (Å²) in [5, 5.41) is 5.74. The van der Waals surface area contributed by atoms with Crippen LogP contribution in [0.1, 0.15) is 28.0 Å². The number of likely N-dealkylation sites (tertiary alicyclic amines) is 1. The van der Waals surface area contributed by atoms with Crippen molar-refractivity contribution in [2.45, 2.75) is 32.0 Å². The van der Waals surface area contributed by atoms with Crippen LogP contribution in [0.5, 0.6) is 0 Å². The van der Waals surface area contributed by atoms with Crippen LogP contribution < -0.4 is 4.90 Å². The molecular formula is C18H24N6O2S. The molecule has 3 aliphatic heterocycles. The van der Waals surface area contributed by atoms with Gasteiger partial charge in [-0.25, -0.2) is 9.78 Å². The molecule has 0 bridgehead atoms. The van der Waals surface area contributed by atoms with Gasteiger partial charge in [-0.3, -0.25) is 14.5 Å². The number of fused-ring (bicyclic) bond motifs is 1. The van der Waals surface area contributed by atoms with Crippen LogP contribution in [0.3, 0.4) is 0 Å². The summed E-state index contributed by atoms with van der Waals surface area (Å²) in [5.41, 5.74) is 2.13. The highest BCUT2D eigenvalue weighted by atomic mass is 32.1. The van der Waals surface area contributed by atoms with E-state index in [4.69, 9.17) is 9.72 Å². The lowest BCUT2D eigenvalue weighted by Gasteiger charge is -2.15. The van der Waals surface area contributed by atoms with Crippen LogP contribution in [-0.2, 0) is 24.3 Å². The summed E-state index contributed by atoms with van der Waals surface area (Å²) in [7, 11) is 1.84. The smallest absolute Gasteiger partial charge is 0.324 e. The first-order chi connectivity index (χ1) is 13.2. The van der Waals surface area contributed by atoms with Crippen molar-refractivity contribution >= 4 is 23.1 Å². The molecule has 0 radical (unpaired) electrons. The summed E-state index contributed by atoms with van der Waals surface area (Å²) in [6.07, 6.45) is 5.84. The Labute approximate surface area is 162 Å². The van der Waals surface area contributed by atoms with Gasteiger partial charge in [-0.2, -0.15) is 5.10 Å².